The van der Waals surface area contributed by atoms with Crippen LogP contribution in [0.2, 0.25) is 0 Å². The molecule has 3 rings (SSSR count). The standard InChI is InChI=1S/C13H20N4O/c1-18-12-5-4-11(14)13(16-12)15-9-6-7-17(8-9)10-2-3-10/h4-5,9-10H,2-3,6-8,14H2,1H3,(H,15,16). The van der Waals surface area contributed by atoms with E-state index in [4.69, 9.17) is 10.5 Å². The summed E-state index contributed by atoms with van der Waals surface area (Å²) >= 11 is 0. The molecule has 98 valence electrons. The van der Waals surface area contributed by atoms with E-state index < -0.39 is 0 Å². The Morgan fingerprint density at radius 1 is 1.39 bits per heavy atom. The highest BCUT2D eigenvalue weighted by Gasteiger charge is 2.34. The van der Waals surface area contributed by atoms with Gasteiger partial charge in [0.15, 0.2) is 5.82 Å². The summed E-state index contributed by atoms with van der Waals surface area (Å²) in [5.41, 5.74) is 6.62. The number of hydrogen-bond acceptors (Lipinski definition) is 5. The van der Waals surface area contributed by atoms with Crippen LogP contribution in [-0.4, -0.2) is 42.2 Å². The van der Waals surface area contributed by atoms with Crippen molar-refractivity contribution in [1.82, 2.24) is 9.88 Å². The molecule has 0 aromatic carbocycles. The van der Waals surface area contributed by atoms with Gasteiger partial charge in [-0.05, 0) is 25.3 Å². The van der Waals surface area contributed by atoms with Crippen LogP contribution < -0.4 is 15.8 Å². The SMILES string of the molecule is COc1ccc(N)c(NC2CCN(C3CC3)C2)n1. The van der Waals surface area contributed by atoms with Crippen LogP contribution in [0.5, 0.6) is 5.88 Å². The van der Waals surface area contributed by atoms with E-state index in [0.29, 0.717) is 17.6 Å². The molecule has 1 aromatic rings. The first-order chi connectivity index (χ1) is 8.76. The van der Waals surface area contributed by atoms with Crippen LogP contribution in [0.15, 0.2) is 12.1 Å². The van der Waals surface area contributed by atoms with Crippen molar-refractivity contribution in [2.24, 2.45) is 0 Å². The molecule has 0 spiro atoms. The van der Waals surface area contributed by atoms with Gasteiger partial charge in [-0.25, -0.2) is 0 Å². The summed E-state index contributed by atoms with van der Waals surface area (Å²) in [5.74, 6) is 1.35. The minimum absolute atomic E-state index is 0.451. The number of nitrogen functional groups attached to an aromatic ring is 1. The van der Waals surface area contributed by atoms with Crippen molar-refractivity contribution in [3.8, 4) is 5.88 Å². The van der Waals surface area contributed by atoms with Gasteiger partial charge in [0.2, 0.25) is 5.88 Å². The lowest BCUT2D eigenvalue weighted by atomic mass is 10.2. The van der Waals surface area contributed by atoms with Crippen molar-refractivity contribution in [2.75, 3.05) is 31.2 Å². The number of nitrogens with two attached hydrogens (primary N) is 1. The second-order valence-electron chi connectivity index (χ2n) is 5.15. The molecule has 1 saturated carbocycles. The summed E-state index contributed by atoms with van der Waals surface area (Å²) in [6.07, 6.45) is 3.90. The first kappa shape index (κ1) is 11.6. The van der Waals surface area contributed by atoms with Gasteiger partial charge in [0.25, 0.3) is 0 Å². The fourth-order valence-corrected chi connectivity index (χ4v) is 2.55. The average molecular weight is 248 g/mol. The lowest BCUT2D eigenvalue weighted by Gasteiger charge is -2.17. The third-order valence-corrected chi connectivity index (χ3v) is 3.73. The van der Waals surface area contributed by atoms with Gasteiger partial charge in [-0.1, -0.05) is 0 Å². The van der Waals surface area contributed by atoms with E-state index in [1.165, 1.54) is 19.4 Å². The Labute approximate surface area is 107 Å². The third-order valence-electron chi connectivity index (χ3n) is 3.73. The highest BCUT2D eigenvalue weighted by Crippen LogP contribution is 2.31. The van der Waals surface area contributed by atoms with Crippen molar-refractivity contribution in [3.05, 3.63) is 12.1 Å². The summed E-state index contributed by atoms with van der Waals surface area (Å²) in [6, 6.07) is 4.91. The molecule has 2 heterocycles. The minimum atomic E-state index is 0.451. The Bertz CT molecular complexity index is 433. The molecule has 3 N–H and O–H groups in total. The Morgan fingerprint density at radius 2 is 2.22 bits per heavy atom. The quantitative estimate of drug-likeness (QED) is 0.841. The van der Waals surface area contributed by atoms with Gasteiger partial charge in [0.05, 0.1) is 12.8 Å². The van der Waals surface area contributed by atoms with Crippen molar-refractivity contribution < 1.29 is 4.74 Å². The number of anilines is 2. The first-order valence-corrected chi connectivity index (χ1v) is 6.57. The van der Waals surface area contributed by atoms with E-state index >= 15 is 0 Å². The minimum Gasteiger partial charge on any atom is -0.481 e. The molecule has 0 radical (unpaired) electrons. The van der Waals surface area contributed by atoms with Crippen LogP contribution in [0.1, 0.15) is 19.3 Å². The topological polar surface area (TPSA) is 63.4 Å². The summed E-state index contributed by atoms with van der Waals surface area (Å²) in [6.45, 7) is 2.29. The lowest BCUT2D eigenvalue weighted by Crippen LogP contribution is -2.28. The highest BCUT2D eigenvalue weighted by molar-refractivity contribution is 5.62. The van der Waals surface area contributed by atoms with Crippen LogP contribution >= 0.6 is 0 Å². The van der Waals surface area contributed by atoms with Gasteiger partial charge in [-0.15, -0.1) is 0 Å². The molecule has 1 atom stereocenters. The molecule has 2 fully saturated rings. The fourth-order valence-electron chi connectivity index (χ4n) is 2.55. The smallest absolute Gasteiger partial charge is 0.215 e. The molecule has 1 aliphatic carbocycles. The number of nitrogens with zero attached hydrogens (tertiary/aromatic N) is 2. The maximum Gasteiger partial charge on any atom is 0.215 e. The van der Waals surface area contributed by atoms with Crippen LogP contribution in [0.3, 0.4) is 0 Å². The average Bonchev–Trinajstić information content (AvgIpc) is 3.13. The number of likely N-dealkylation sites (tertiary alicyclic amines) is 1. The van der Waals surface area contributed by atoms with Crippen LogP contribution in [-0.2, 0) is 0 Å². The van der Waals surface area contributed by atoms with E-state index in [2.05, 4.69) is 15.2 Å². The zero-order chi connectivity index (χ0) is 12.5. The molecule has 0 bridgehead atoms. The number of nitrogens with one attached hydrogen (secondary N) is 1. The monoisotopic (exact) mass is 248 g/mol. The number of aromatic nitrogens is 1. The van der Waals surface area contributed by atoms with E-state index in [1.54, 1.807) is 13.2 Å². The molecule has 2 aliphatic rings. The summed E-state index contributed by atoms with van der Waals surface area (Å²) < 4.78 is 5.13. The van der Waals surface area contributed by atoms with Gasteiger partial charge in [-0.2, -0.15) is 4.98 Å². The molecule has 1 saturated heterocycles. The lowest BCUT2D eigenvalue weighted by molar-refractivity contribution is 0.326. The molecular weight excluding hydrogens is 228 g/mol. The number of ether oxygens (including phenoxy) is 1. The van der Waals surface area contributed by atoms with Crippen molar-refractivity contribution >= 4 is 11.5 Å². The number of methoxy groups -OCH3 is 1. The Hall–Kier alpha value is -1.49. The molecular formula is C13H20N4O. The molecule has 0 amide bonds. The molecule has 1 aliphatic heterocycles. The Kier molecular flexibility index (Phi) is 2.99. The summed E-state index contributed by atoms with van der Waals surface area (Å²) in [7, 11) is 1.62. The molecule has 1 unspecified atom stereocenters. The van der Waals surface area contributed by atoms with Crippen LogP contribution in [0, 0.1) is 0 Å². The zero-order valence-electron chi connectivity index (χ0n) is 10.7. The van der Waals surface area contributed by atoms with Gasteiger partial charge in [-0.3, -0.25) is 4.90 Å². The van der Waals surface area contributed by atoms with E-state index in [-0.39, 0.29) is 0 Å². The van der Waals surface area contributed by atoms with Gasteiger partial charge >= 0.3 is 0 Å². The predicted octanol–water partition coefficient (Wildman–Crippen LogP) is 1.32. The normalized spacial score (nSPS) is 24.2. The van der Waals surface area contributed by atoms with Crippen LogP contribution in [0.4, 0.5) is 11.5 Å². The highest BCUT2D eigenvalue weighted by atomic mass is 16.5. The summed E-state index contributed by atoms with van der Waals surface area (Å²) in [5, 5.41) is 3.44. The van der Waals surface area contributed by atoms with Gasteiger partial charge in [0, 0.05) is 31.2 Å². The number of rotatable bonds is 4. The first-order valence-electron chi connectivity index (χ1n) is 6.57. The van der Waals surface area contributed by atoms with Gasteiger partial charge in [0.1, 0.15) is 0 Å². The van der Waals surface area contributed by atoms with Crippen molar-refractivity contribution in [2.45, 2.75) is 31.3 Å². The summed E-state index contributed by atoms with van der Waals surface area (Å²) in [4.78, 5) is 6.93. The van der Waals surface area contributed by atoms with Crippen molar-refractivity contribution in [3.63, 3.8) is 0 Å². The zero-order valence-corrected chi connectivity index (χ0v) is 10.7. The third kappa shape index (κ3) is 2.36. The molecule has 5 nitrogen and oxygen atoms in total. The number of hydrogen-bond donors (Lipinski definition) is 2. The maximum atomic E-state index is 5.93. The predicted molar refractivity (Wildman–Crippen MR) is 71.8 cm³/mol. The largest absolute Gasteiger partial charge is 0.481 e. The van der Waals surface area contributed by atoms with Crippen molar-refractivity contribution in [1.29, 1.82) is 0 Å². The number of pyridine rings is 1. The molecule has 1 aromatic heterocycles. The van der Waals surface area contributed by atoms with E-state index in [1.807, 2.05) is 6.07 Å². The second-order valence-corrected chi connectivity index (χ2v) is 5.15. The van der Waals surface area contributed by atoms with E-state index in [9.17, 15) is 0 Å². The molecule has 18 heavy (non-hydrogen) atoms. The Balaban J connectivity index is 1.65. The van der Waals surface area contributed by atoms with Gasteiger partial charge < -0.3 is 15.8 Å². The second kappa shape index (κ2) is 4.65. The van der Waals surface area contributed by atoms with Crippen LogP contribution in [0.25, 0.3) is 0 Å². The van der Waals surface area contributed by atoms with E-state index in [0.717, 1.165) is 24.8 Å². The maximum absolute atomic E-state index is 5.93. The fraction of sp³-hybridized carbons (Fsp3) is 0.615. The Morgan fingerprint density at radius 3 is 2.94 bits per heavy atom. The molecule has 5 heteroatoms.